The van der Waals surface area contributed by atoms with Crippen LogP contribution in [-0.4, -0.2) is 46.9 Å². The van der Waals surface area contributed by atoms with Crippen molar-refractivity contribution in [3.05, 3.63) is 63.9 Å². The van der Waals surface area contributed by atoms with Gasteiger partial charge in [-0.25, -0.2) is 14.5 Å². The Kier molecular flexibility index (Phi) is 10.1. The molecule has 0 bridgehead atoms. The smallest absolute Gasteiger partial charge is 0.350 e. The lowest BCUT2D eigenvalue weighted by molar-refractivity contribution is 0.0531. The molecule has 0 aliphatic carbocycles. The van der Waals surface area contributed by atoms with E-state index in [1.165, 1.54) is 16.9 Å². The number of aliphatic imine (C=N–C) groups is 1. The van der Waals surface area contributed by atoms with E-state index >= 15 is 0 Å². The van der Waals surface area contributed by atoms with E-state index in [1.54, 1.807) is 20.2 Å². The molecule has 0 spiro atoms. The number of aryl methyl sites for hydroxylation is 1. The minimum absolute atomic E-state index is 0. The molecular weight excluding hydrogens is 539 g/mol. The summed E-state index contributed by atoms with van der Waals surface area (Å²) in [7, 11) is 1.73. The van der Waals surface area contributed by atoms with Gasteiger partial charge in [0.2, 0.25) is 0 Å². The second-order valence-corrected chi connectivity index (χ2v) is 7.95. The number of hydrogen-bond acceptors (Lipinski definition) is 6. The number of aromatic nitrogens is 3. The summed E-state index contributed by atoms with van der Waals surface area (Å²) in [5, 5.41) is 11.7. The maximum Gasteiger partial charge on any atom is 0.350 e. The van der Waals surface area contributed by atoms with E-state index in [-0.39, 0.29) is 36.0 Å². The maximum absolute atomic E-state index is 12.0. The number of carbonyl (C=O) groups is 1. The highest BCUT2D eigenvalue weighted by Gasteiger charge is 2.20. The molecule has 10 heteroatoms. The Balaban J connectivity index is 0.00000363. The number of carbonyl (C=O) groups excluding carboxylic acids is 1. The van der Waals surface area contributed by atoms with Gasteiger partial charge in [0.15, 0.2) is 5.96 Å². The van der Waals surface area contributed by atoms with Crippen molar-refractivity contribution in [1.82, 2.24) is 25.4 Å². The van der Waals surface area contributed by atoms with Crippen LogP contribution < -0.4 is 10.6 Å². The lowest BCUT2D eigenvalue weighted by Crippen LogP contribution is -2.39. The zero-order valence-corrected chi connectivity index (χ0v) is 21.8. The first-order chi connectivity index (χ1) is 15.0. The number of nitrogens with one attached hydrogen (secondary N) is 2. The largest absolute Gasteiger partial charge is 0.462 e. The quantitative estimate of drug-likeness (QED) is 0.185. The van der Waals surface area contributed by atoms with Crippen molar-refractivity contribution < 1.29 is 9.53 Å². The summed E-state index contributed by atoms with van der Waals surface area (Å²) in [5.41, 5.74) is 2.95. The van der Waals surface area contributed by atoms with Gasteiger partial charge < -0.3 is 15.4 Å². The van der Waals surface area contributed by atoms with Crippen LogP contribution >= 0.6 is 35.3 Å². The number of guanidine groups is 1. The fourth-order valence-corrected chi connectivity index (χ4v) is 3.98. The second-order valence-electron chi connectivity index (χ2n) is 6.92. The molecule has 1 aromatic carbocycles. The molecule has 3 rings (SSSR count). The van der Waals surface area contributed by atoms with Crippen molar-refractivity contribution in [3.63, 3.8) is 0 Å². The van der Waals surface area contributed by atoms with Gasteiger partial charge in [-0.3, -0.25) is 4.99 Å². The molecule has 0 amide bonds. The monoisotopic (exact) mass is 568 g/mol. The maximum atomic E-state index is 12.0. The Morgan fingerprint density at radius 2 is 2.06 bits per heavy atom. The molecule has 0 radical (unpaired) electrons. The second kappa shape index (κ2) is 12.5. The number of esters is 1. The van der Waals surface area contributed by atoms with Crippen LogP contribution in [0.2, 0.25) is 0 Å². The number of thiazole rings is 1. The molecule has 0 fully saturated rings. The molecule has 0 saturated heterocycles. The molecule has 1 atom stereocenters. The van der Waals surface area contributed by atoms with Crippen molar-refractivity contribution in [2.24, 2.45) is 4.99 Å². The summed E-state index contributed by atoms with van der Waals surface area (Å²) in [6.07, 6.45) is 4.55. The summed E-state index contributed by atoms with van der Waals surface area (Å²) in [6.45, 7) is 6.70. The predicted octanol–water partition coefficient (Wildman–Crippen LogP) is 3.90. The summed E-state index contributed by atoms with van der Waals surface area (Å²) < 4.78 is 6.93. The Morgan fingerprint density at radius 3 is 2.69 bits per heavy atom. The van der Waals surface area contributed by atoms with Gasteiger partial charge in [-0.15, -0.1) is 35.3 Å². The predicted molar refractivity (Wildman–Crippen MR) is 138 cm³/mol. The van der Waals surface area contributed by atoms with E-state index in [0.717, 1.165) is 23.7 Å². The average molecular weight is 568 g/mol. The van der Waals surface area contributed by atoms with Crippen LogP contribution in [0.4, 0.5) is 0 Å². The Morgan fingerprint density at radius 1 is 1.31 bits per heavy atom. The van der Waals surface area contributed by atoms with Crippen LogP contribution in [0.15, 0.2) is 47.7 Å². The molecule has 1 unspecified atom stereocenters. The first-order valence-corrected chi connectivity index (χ1v) is 11.0. The summed E-state index contributed by atoms with van der Waals surface area (Å²) >= 11 is 1.35. The van der Waals surface area contributed by atoms with Gasteiger partial charge in [-0.1, -0.05) is 12.1 Å². The molecule has 2 aromatic heterocycles. The number of hydrogen-bond donors (Lipinski definition) is 2. The SMILES string of the molecule is CCOC(=O)c1sc(C(C)NC(=NC)NCCc2ccc(-n3cccn3)cc2)nc1C.I. The molecule has 0 saturated carbocycles. The fraction of sp³-hybridized carbons (Fsp3) is 0.364. The molecule has 0 aliphatic heterocycles. The van der Waals surface area contributed by atoms with Gasteiger partial charge >= 0.3 is 5.97 Å². The van der Waals surface area contributed by atoms with E-state index in [0.29, 0.717) is 23.1 Å². The van der Waals surface area contributed by atoms with Gasteiger partial charge in [-0.2, -0.15) is 5.10 Å². The van der Waals surface area contributed by atoms with Crippen LogP contribution in [0.25, 0.3) is 5.69 Å². The van der Waals surface area contributed by atoms with Crippen molar-refractivity contribution in [2.45, 2.75) is 33.2 Å². The Bertz CT molecular complexity index is 1020. The molecule has 0 aliphatic rings. The topological polar surface area (TPSA) is 93.4 Å². The zero-order valence-electron chi connectivity index (χ0n) is 18.7. The lowest BCUT2D eigenvalue weighted by Gasteiger charge is -2.16. The van der Waals surface area contributed by atoms with E-state index in [1.807, 2.05) is 30.8 Å². The molecule has 8 nitrogen and oxygen atoms in total. The number of ether oxygens (including phenoxy) is 1. The number of halogens is 1. The highest BCUT2D eigenvalue weighted by molar-refractivity contribution is 14.0. The van der Waals surface area contributed by atoms with Crippen molar-refractivity contribution in [2.75, 3.05) is 20.2 Å². The minimum Gasteiger partial charge on any atom is -0.462 e. The number of nitrogens with zero attached hydrogens (tertiary/aromatic N) is 4. The van der Waals surface area contributed by atoms with Gasteiger partial charge in [-0.05, 0) is 51.0 Å². The van der Waals surface area contributed by atoms with Crippen LogP contribution in [0, 0.1) is 6.92 Å². The van der Waals surface area contributed by atoms with Crippen molar-refractivity contribution in [1.29, 1.82) is 0 Å². The van der Waals surface area contributed by atoms with Gasteiger partial charge in [0, 0.05) is 26.0 Å². The highest BCUT2D eigenvalue weighted by atomic mass is 127. The molecule has 2 N–H and O–H groups in total. The van der Waals surface area contributed by atoms with Crippen molar-refractivity contribution >= 4 is 47.2 Å². The van der Waals surface area contributed by atoms with Gasteiger partial charge in [0.1, 0.15) is 9.88 Å². The highest BCUT2D eigenvalue weighted by Crippen LogP contribution is 2.24. The minimum atomic E-state index is -0.322. The van der Waals surface area contributed by atoms with Crippen LogP contribution in [0.3, 0.4) is 0 Å². The summed E-state index contributed by atoms with van der Waals surface area (Å²) in [5.74, 6) is 0.364. The van der Waals surface area contributed by atoms with Crippen molar-refractivity contribution in [3.8, 4) is 5.69 Å². The average Bonchev–Trinajstić information content (AvgIpc) is 3.43. The fourth-order valence-electron chi connectivity index (χ4n) is 3.01. The van der Waals surface area contributed by atoms with Crippen LogP contribution in [0.1, 0.15) is 45.8 Å². The molecular formula is C22H29IN6O2S. The van der Waals surface area contributed by atoms with E-state index < -0.39 is 0 Å². The summed E-state index contributed by atoms with van der Waals surface area (Å²) in [6, 6.07) is 10.1. The Labute approximate surface area is 209 Å². The summed E-state index contributed by atoms with van der Waals surface area (Å²) in [4.78, 5) is 21.4. The zero-order chi connectivity index (χ0) is 22.2. The van der Waals surface area contributed by atoms with E-state index in [9.17, 15) is 4.79 Å². The van der Waals surface area contributed by atoms with E-state index in [2.05, 4.69) is 50.0 Å². The number of rotatable bonds is 8. The standard InChI is InChI=1S/C22H28N6O2S.HI/c1-5-30-21(29)19-15(2)26-20(31-19)16(3)27-22(23-4)24-13-11-17-7-9-18(10-8-17)28-14-6-12-25-28;/h6-10,12,14,16H,5,11,13H2,1-4H3,(H2,23,24,27);1H. The third-order valence-corrected chi connectivity index (χ3v) is 5.95. The molecule has 172 valence electrons. The van der Waals surface area contributed by atoms with Gasteiger partial charge in [0.25, 0.3) is 0 Å². The first-order valence-electron chi connectivity index (χ1n) is 10.2. The van der Waals surface area contributed by atoms with Crippen LogP contribution in [0.5, 0.6) is 0 Å². The normalized spacial score (nSPS) is 12.1. The third-order valence-electron chi connectivity index (χ3n) is 4.63. The van der Waals surface area contributed by atoms with E-state index in [4.69, 9.17) is 4.74 Å². The van der Waals surface area contributed by atoms with Crippen LogP contribution in [-0.2, 0) is 11.2 Å². The first kappa shape index (κ1) is 25.8. The number of benzene rings is 1. The lowest BCUT2D eigenvalue weighted by atomic mass is 10.1. The molecule has 2 heterocycles. The third kappa shape index (κ3) is 6.76. The Hall–Kier alpha value is -2.47. The molecule has 3 aromatic rings. The van der Waals surface area contributed by atoms with Gasteiger partial charge in [0.05, 0.1) is 24.0 Å². The molecule has 32 heavy (non-hydrogen) atoms.